The summed E-state index contributed by atoms with van der Waals surface area (Å²) in [7, 11) is 0. The molecule has 0 aliphatic heterocycles. The molecule has 0 atom stereocenters. The van der Waals surface area contributed by atoms with Gasteiger partial charge in [0, 0.05) is 49.3 Å². The van der Waals surface area contributed by atoms with E-state index in [1.807, 2.05) is 30.3 Å². The van der Waals surface area contributed by atoms with Crippen LogP contribution >= 0.6 is 0 Å². The van der Waals surface area contributed by atoms with Crippen LogP contribution in [0.4, 0.5) is 0 Å². The smallest absolute Gasteiger partial charge is 0.164 e. The average Bonchev–Trinajstić information content (AvgIpc) is 3.85. The number of rotatable bonds is 4. The molecule has 13 aromatic rings. The van der Waals surface area contributed by atoms with Gasteiger partial charge < -0.3 is 8.98 Å². The Bertz CT molecular complexity index is 4050. The zero-order chi connectivity index (χ0) is 40.5. The van der Waals surface area contributed by atoms with Crippen molar-refractivity contribution in [2.24, 2.45) is 0 Å². The number of para-hydroxylation sites is 1. The van der Waals surface area contributed by atoms with Crippen LogP contribution in [0.5, 0.6) is 0 Å². The second kappa shape index (κ2) is 12.6. The summed E-state index contributed by atoms with van der Waals surface area (Å²) < 4.78 is 9.15. The molecule has 0 N–H and O–H groups in total. The second-order valence-corrected chi connectivity index (χ2v) is 16.3. The molecule has 0 radical (unpaired) electrons. The number of nitrogens with zero attached hydrogens (tertiary/aromatic N) is 4. The molecule has 0 amide bonds. The lowest BCUT2D eigenvalue weighted by molar-refractivity contribution is 0.672. The molecule has 5 nitrogen and oxygen atoms in total. The van der Waals surface area contributed by atoms with Gasteiger partial charge in [0.15, 0.2) is 17.5 Å². The van der Waals surface area contributed by atoms with Crippen LogP contribution < -0.4 is 0 Å². The van der Waals surface area contributed by atoms with Gasteiger partial charge in [-0.25, -0.2) is 15.0 Å². The van der Waals surface area contributed by atoms with Crippen LogP contribution in [0.2, 0.25) is 0 Å². The SMILES string of the molecule is c1ccc(-c2nc(-c3ccc4ccccc4c3)nc(-c3cc4c5ccccc5oc4c4ccc(-n5c6cccc7c6c6c8c(cccc8ccc65)-c5ccccc5-7)cc34)n2)cc1. The van der Waals surface area contributed by atoms with E-state index in [9.17, 15) is 0 Å². The molecule has 14 rings (SSSR count). The van der Waals surface area contributed by atoms with E-state index in [0.29, 0.717) is 17.5 Å². The highest BCUT2D eigenvalue weighted by molar-refractivity contribution is 6.30. The van der Waals surface area contributed by atoms with Gasteiger partial charge in [0.25, 0.3) is 0 Å². The quantitative estimate of drug-likeness (QED) is 0.178. The Morgan fingerprint density at radius 2 is 1.00 bits per heavy atom. The maximum Gasteiger partial charge on any atom is 0.164 e. The summed E-state index contributed by atoms with van der Waals surface area (Å²) in [6.07, 6.45) is 0. The summed E-state index contributed by atoms with van der Waals surface area (Å²) in [5.41, 5.74) is 12.8. The molecule has 0 fully saturated rings. The highest BCUT2D eigenvalue weighted by Crippen LogP contribution is 2.50. The molecule has 3 heterocycles. The topological polar surface area (TPSA) is 56.7 Å². The molecule has 1 aliphatic carbocycles. The van der Waals surface area contributed by atoms with Crippen molar-refractivity contribution in [3.63, 3.8) is 0 Å². The van der Waals surface area contributed by atoms with Crippen molar-refractivity contribution < 1.29 is 4.42 Å². The highest BCUT2D eigenvalue weighted by atomic mass is 16.3. The lowest BCUT2D eigenvalue weighted by Crippen LogP contribution is -2.01. The maximum absolute atomic E-state index is 6.71. The summed E-state index contributed by atoms with van der Waals surface area (Å²) in [6.45, 7) is 0. The Morgan fingerprint density at radius 1 is 0.339 bits per heavy atom. The molecule has 3 aromatic heterocycles. The maximum atomic E-state index is 6.71. The predicted molar refractivity (Wildman–Crippen MR) is 255 cm³/mol. The molecule has 0 unspecified atom stereocenters. The van der Waals surface area contributed by atoms with Crippen LogP contribution in [0.1, 0.15) is 0 Å². The zero-order valence-corrected chi connectivity index (χ0v) is 33.2. The van der Waals surface area contributed by atoms with Crippen LogP contribution in [-0.4, -0.2) is 19.5 Å². The van der Waals surface area contributed by atoms with Gasteiger partial charge >= 0.3 is 0 Å². The van der Waals surface area contributed by atoms with Gasteiger partial charge in [-0.15, -0.1) is 0 Å². The average molecular weight is 789 g/mol. The van der Waals surface area contributed by atoms with Gasteiger partial charge in [-0.05, 0) is 97.7 Å². The lowest BCUT2D eigenvalue weighted by Gasteiger charge is -2.15. The minimum Gasteiger partial charge on any atom is -0.455 e. The second-order valence-electron chi connectivity index (χ2n) is 16.3. The minimum absolute atomic E-state index is 0.600. The number of hydrogen-bond donors (Lipinski definition) is 0. The van der Waals surface area contributed by atoms with Crippen molar-refractivity contribution in [2.45, 2.75) is 0 Å². The number of aromatic nitrogens is 4. The Hall–Kier alpha value is -8.41. The molecule has 0 saturated heterocycles. The first-order valence-electron chi connectivity index (χ1n) is 21.0. The van der Waals surface area contributed by atoms with E-state index in [4.69, 9.17) is 19.4 Å². The van der Waals surface area contributed by atoms with Gasteiger partial charge in [0.1, 0.15) is 11.2 Å². The monoisotopic (exact) mass is 788 g/mol. The van der Waals surface area contributed by atoms with E-state index < -0.39 is 0 Å². The largest absolute Gasteiger partial charge is 0.455 e. The van der Waals surface area contributed by atoms with E-state index in [1.165, 1.54) is 49.2 Å². The number of furan rings is 1. The zero-order valence-electron chi connectivity index (χ0n) is 33.2. The third-order valence-electron chi connectivity index (χ3n) is 12.9. The molecule has 5 heteroatoms. The standard InChI is InChI=1S/C57H32N4O/c1-2-13-35(14-3-1)55-58-56(37-25-24-33-12-4-5-15-36(33)30-37)60-57(59-55)47-32-46-41-19-8-9-23-50(41)62-54(46)44-28-27-38(31-45(44)47)61-48-22-11-21-43-40-18-7-6-17-39(40)42-20-10-16-34-26-29-49(61)53(51(34)42)52(43)48/h1-32H. The summed E-state index contributed by atoms with van der Waals surface area (Å²) in [4.78, 5) is 15.8. The summed E-state index contributed by atoms with van der Waals surface area (Å²) >= 11 is 0. The van der Waals surface area contributed by atoms with E-state index in [0.717, 1.165) is 71.5 Å². The van der Waals surface area contributed by atoms with Crippen molar-refractivity contribution in [3.05, 3.63) is 194 Å². The lowest BCUT2D eigenvalue weighted by atomic mass is 9.93. The van der Waals surface area contributed by atoms with Crippen molar-refractivity contribution in [1.29, 1.82) is 0 Å². The van der Waals surface area contributed by atoms with Crippen molar-refractivity contribution in [1.82, 2.24) is 19.5 Å². The first kappa shape index (κ1) is 33.4. The summed E-state index contributed by atoms with van der Waals surface area (Å²) in [5, 5.41) is 11.4. The Labute approximate surface area is 354 Å². The molecule has 0 spiro atoms. The third kappa shape index (κ3) is 4.70. The molecule has 1 aliphatic rings. The Balaban J connectivity index is 1.09. The van der Waals surface area contributed by atoms with Gasteiger partial charge in [-0.2, -0.15) is 0 Å². The first-order valence-corrected chi connectivity index (χ1v) is 21.0. The van der Waals surface area contributed by atoms with E-state index in [-0.39, 0.29) is 0 Å². The molecule has 10 aromatic carbocycles. The molecular weight excluding hydrogens is 757 g/mol. The minimum atomic E-state index is 0.600. The Morgan fingerprint density at radius 3 is 1.87 bits per heavy atom. The normalized spacial score (nSPS) is 12.2. The summed E-state index contributed by atoms with van der Waals surface area (Å²) in [5.74, 6) is 1.84. The Kier molecular flexibility index (Phi) is 6.77. The van der Waals surface area contributed by atoms with Crippen LogP contribution in [0, 0.1) is 0 Å². The van der Waals surface area contributed by atoms with Crippen molar-refractivity contribution in [2.75, 3.05) is 0 Å². The van der Waals surface area contributed by atoms with Crippen molar-refractivity contribution >= 4 is 76.1 Å². The number of fused-ring (bicyclic) bond motifs is 9. The van der Waals surface area contributed by atoms with Crippen LogP contribution in [0.25, 0.3) is 138 Å². The molecule has 62 heavy (non-hydrogen) atoms. The van der Waals surface area contributed by atoms with E-state index >= 15 is 0 Å². The predicted octanol–water partition coefficient (Wildman–Crippen LogP) is 15.0. The van der Waals surface area contributed by atoms with Crippen LogP contribution in [-0.2, 0) is 0 Å². The molecule has 286 valence electrons. The van der Waals surface area contributed by atoms with E-state index in [1.54, 1.807) is 0 Å². The van der Waals surface area contributed by atoms with Gasteiger partial charge in [-0.1, -0.05) is 146 Å². The van der Waals surface area contributed by atoms with E-state index in [2.05, 4.69) is 168 Å². The van der Waals surface area contributed by atoms with Gasteiger partial charge in [0.05, 0.1) is 11.0 Å². The molecule has 0 saturated carbocycles. The third-order valence-corrected chi connectivity index (χ3v) is 12.9. The first-order chi connectivity index (χ1) is 30.7. The van der Waals surface area contributed by atoms with Gasteiger partial charge in [0.2, 0.25) is 0 Å². The van der Waals surface area contributed by atoms with Crippen molar-refractivity contribution in [3.8, 4) is 62.1 Å². The number of benzene rings is 10. The number of hydrogen-bond acceptors (Lipinski definition) is 4. The fourth-order valence-corrected chi connectivity index (χ4v) is 10.2. The van der Waals surface area contributed by atoms with Crippen LogP contribution in [0.15, 0.2) is 199 Å². The fourth-order valence-electron chi connectivity index (χ4n) is 10.2. The fraction of sp³-hybridized carbons (Fsp3) is 0. The van der Waals surface area contributed by atoms with Gasteiger partial charge in [-0.3, -0.25) is 0 Å². The highest BCUT2D eigenvalue weighted by Gasteiger charge is 2.26. The summed E-state index contributed by atoms with van der Waals surface area (Å²) in [6, 6.07) is 69.1. The van der Waals surface area contributed by atoms with Crippen LogP contribution in [0.3, 0.4) is 0 Å². The molecular formula is C57H32N4O. The molecule has 0 bridgehead atoms.